The number of amidine groups is 1. The Hall–Kier alpha value is -3.42. The molecular formula is C27H29N5OS. The molecule has 2 heterocycles. The Morgan fingerprint density at radius 3 is 2.91 bits per heavy atom. The molecule has 174 valence electrons. The number of allylic oxidation sites excluding steroid dienone is 3. The Bertz CT molecular complexity index is 1190. The molecule has 34 heavy (non-hydrogen) atoms. The van der Waals surface area contributed by atoms with Gasteiger partial charge < -0.3 is 15.5 Å². The quantitative estimate of drug-likeness (QED) is 0.604. The summed E-state index contributed by atoms with van der Waals surface area (Å²) in [5.41, 5.74) is 5.63. The number of aryl methyl sites for hydroxylation is 1. The van der Waals surface area contributed by atoms with Crippen LogP contribution in [0.2, 0.25) is 0 Å². The van der Waals surface area contributed by atoms with Gasteiger partial charge in [0.1, 0.15) is 0 Å². The third-order valence-electron chi connectivity index (χ3n) is 5.41. The summed E-state index contributed by atoms with van der Waals surface area (Å²) >= 11 is 1.53. The highest BCUT2D eigenvalue weighted by atomic mass is 32.2. The molecule has 1 amide bonds. The molecule has 0 spiro atoms. The Kier molecular flexibility index (Phi) is 7.77. The molecule has 6 nitrogen and oxygen atoms in total. The van der Waals surface area contributed by atoms with E-state index in [1.807, 2.05) is 69.0 Å². The van der Waals surface area contributed by atoms with Gasteiger partial charge in [-0.3, -0.25) is 9.78 Å². The lowest BCUT2D eigenvalue weighted by Gasteiger charge is -2.18. The van der Waals surface area contributed by atoms with Crippen molar-refractivity contribution in [2.75, 3.05) is 26.0 Å². The molecule has 0 saturated heterocycles. The molecule has 1 aliphatic carbocycles. The van der Waals surface area contributed by atoms with E-state index in [2.05, 4.69) is 44.8 Å². The minimum absolute atomic E-state index is 0.0788. The predicted octanol–water partition coefficient (Wildman–Crippen LogP) is 5.22. The maximum absolute atomic E-state index is 13.0. The van der Waals surface area contributed by atoms with Gasteiger partial charge in [0, 0.05) is 42.3 Å². The largest absolute Gasteiger partial charge is 0.334 e. The van der Waals surface area contributed by atoms with Gasteiger partial charge >= 0.3 is 0 Å². The number of aliphatic imine (C=N–C) groups is 1. The van der Waals surface area contributed by atoms with Gasteiger partial charge in [-0.2, -0.15) is 0 Å². The van der Waals surface area contributed by atoms with E-state index >= 15 is 0 Å². The van der Waals surface area contributed by atoms with E-state index in [9.17, 15) is 4.79 Å². The number of anilines is 1. The summed E-state index contributed by atoms with van der Waals surface area (Å²) in [4.78, 5) is 24.1. The first kappa shape index (κ1) is 23.7. The van der Waals surface area contributed by atoms with Crippen molar-refractivity contribution >= 4 is 28.5 Å². The molecule has 1 aliphatic heterocycles. The standard InChI is InChI=1S/C27H29N5OS/c1-19-9-11-21(26(33)29-23-8-4-6-20(10-12-23)18-32(2)3)16-25(19)31-27-30-24(13-15-34-27)22-7-5-14-28-17-22/h4-7,9-17,24H,8,18H2,1-3H3,(H,29,33)(H,30,31). The highest BCUT2D eigenvalue weighted by molar-refractivity contribution is 8.16. The highest BCUT2D eigenvalue weighted by Crippen LogP contribution is 2.28. The van der Waals surface area contributed by atoms with Crippen LogP contribution < -0.4 is 10.6 Å². The first-order valence-corrected chi connectivity index (χ1v) is 12.1. The zero-order chi connectivity index (χ0) is 23.9. The molecule has 1 atom stereocenters. The van der Waals surface area contributed by atoms with Crippen molar-refractivity contribution in [1.82, 2.24) is 15.2 Å². The van der Waals surface area contributed by atoms with E-state index in [-0.39, 0.29) is 11.9 Å². The predicted molar refractivity (Wildman–Crippen MR) is 142 cm³/mol. The molecule has 4 rings (SSSR count). The van der Waals surface area contributed by atoms with E-state index in [0.717, 1.165) is 34.2 Å². The van der Waals surface area contributed by atoms with E-state index in [0.29, 0.717) is 12.0 Å². The minimum Gasteiger partial charge on any atom is -0.334 e. The summed E-state index contributed by atoms with van der Waals surface area (Å²) in [6, 6.07) is 9.54. The van der Waals surface area contributed by atoms with Crippen molar-refractivity contribution < 1.29 is 4.79 Å². The zero-order valence-electron chi connectivity index (χ0n) is 19.7. The monoisotopic (exact) mass is 471 g/mol. The van der Waals surface area contributed by atoms with Gasteiger partial charge in [-0.05, 0) is 73.5 Å². The zero-order valence-corrected chi connectivity index (χ0v) is 20.5. The minimum atomic E-state index is -0.126. The van der Waals surface area contributed by atoms with Crippen molar-refractivity contribution in [3.05, 3.63) is 106 Å². The summed E-state index contributed by atoms with van der Waals surface area (Å²) in [6.07, 6.45) is 14.6. The first-order chi connectivity index (χ1) is 16.5. The third kappa shape index (κ3) is 6.34. The normalized spacial score (nSPS) is 17.5. The highest BCUT2D eigenvalue weighted by Gasteiger charge is 2.15. The Morgan fingerprint density at radius 1 is 1.24 bits per heavy atom. The lowest BCUT2D eigenvalue weighted by atomic mass is 10.1. The summed E-state index contributed by atoms with van der Waals surface area (Å²) in [5, 5.41) is 9.28. The Labute approximate surface area is 205 Å². The van der Waals surface area contributed by atoms with Crippen LogP contribution in [0.3, 0.4) is 0 Å². The molecule has 0 radical (unpaired) electrons. The molecule has 1 aromatic carbocycles. The Balaban J connectivity index is 1.46. The Morgan fingerprint density at radius 2 is 2.12 bits per heavy atom. The number of nitrogens with one attached hydrogen (secondary N) is 2. The van der Waals surface area contributed by atoms with Crippen LogP contribution in [-0.2, 0) is 0 Å². The average Bonchev–Trinajstić information content (AvgIpc) is 3.05. The van der Waals surface area contributed by atoms with E-state index in [1.165, 1.54) is 17.3 Å². The fourth-order valence-corrected chi connectivity index (χ4v) is 4.34. The topological polar surface area (TPSA) is 69.6 Å². The summed E-state index contributed by atoms with van der Waals surface area (Å²) in [7, 11) is 4.09. The molecule has 1 aromatic heterocycles. The van der Waals surface area contributed by atoms with Crippen LogP contribution >= 0.6 is 11.8 Å². The van der Waals surface area contributed by atoms with Crippen molar-refractivity contribution in [3.63, 3.8) is 0 Å². The number of pyridine rings is 1. The van der Waals surface area contributed by atoms with Crippen LogP contribution in [0, 0.1) is 6.92 Å². The van der Waals surface area contributed by atoms with Crippen molar-refractivity contribution in [2.45, 2.75) is 19.4 Å². The maximum atomic E-state index is 13.0. The van der Waals surface area contributed by atoms with E-state index in [4.69, 9.17) is 4.99 Å². The van der Waals surface area contributed by atoms with Gasteiger partial charge in [0.05, 0.1) is 6.04 Å². The number of hydrogen-bond acceptors (Lipinski definition) is 6. The number of rotatable bonds is 6. The van der Waals surface area contributed by atoms with E-state index in [1.54, 1.807) is 6.20 Å². The smallest absolute Gasteiger partial charge is 0.255 e. The second-order valence-corrected chi connectivity index (χ2v) is 9.39. The van der Waals surface area contributed by atoms with Crippen molar-refractivity contribution in [2.24, 2.45) is 4.99 Å². The molecule has 0 saturated carbocycles. The van der Waals surface area contributed by atoms with Gasteiger partial charge in [-0.1, -0.05) is 42.1 Å². The van der Waals surface area contributed by atoms with Crippen LogP contribution in [0.5, 0.6) is 0 Å². The molecule has 0 bridgehead atoms. The van der Waals surface area contributed by atoms with Gasteiger partial charge in [-0.15, -0.1) is 0 Å². The molecular weight excluding hydrogens is 442 g/mol. The lowest BCUT2D eigenvalue weighted by Crippen LogP contribution is -2.23. The first-order valence-electron chi connectivity index (χ1n) is 11.2. The number of thioether (sulfide) groups is 1. The summed E-state index contributed by atoms with van der Waals surface area (Å²) in [6.45, 7) is 2.88. The number of carbonyl (C=O) groups excluding carboxylic acids is 1. The lowest BCUT2D eigenvalue weighted by molar-refractivity contribution is 0.0965. The van der Waals surface area contributed by atoms with Crippen molar-refractivity contribution in [1.29, 1.82) is 0 Å². The van der Waals surface area contributed by atoms with Crippen LogP contribution in [0.15, 0.2) is 94.8 Å². The summed E-state index contributed by atoms with van der Waals surface area (Å²) < 4.78 is 0. The molecule has 2 N–H and O–H groups in total. The molecule has 7 heteroatoms. The van der Waals surface area contributed by atoms with Gasteiger partial charge in [0.15, 0.2) is 5.17 Å². The van der Waals surface area contributed by atoms with Crippen LogP contribution in [0.25, 0.3) is 0 Å². The second kappa shape index (κ2) is 11.1. The van der Waals surface area contributed by atoms with Crippen LogP contribution in [0.4, 0.5) is 5.69 Å². The SMILES string of the molecule is Cc1ccc(C(=O)NC2=CC=C(CN(C)C)C=CC2)cc1NC1=NC(c2cccnc2)C=CS1. The fraction of sp³-hybridized carbons (Fsp3) is 0.222. The molecule has 1 unspecified atom stereocenters. The van der Waals surface area contributed by atoms with Crippen LogP contribution in [-0.4, -0.2) is 41.6 Å². The number of hydrogen-bond donors (Lipinski definition) is 2. The second-order valence-electron chi connectivity index (χ2n) is 8.50. The number of benzene rings is 1. The number of carbonyl (C=O) groups is 1. The molecule has 0 fully saturated rings. The number of nitrogens with zero attached hydrogens (tertiary/aromatic N) is 3. The van der Waals surface area contributed by atoms with Gasteiger partial charge in [-0.25, -0.2) is 4.99 Å². The average molecular weight is 472 g/mol. The fourth-order valence-electron chi connectivity index (χ4n) is 3.64. The number of aromatic nitrogens is 1. The van der Waals surface area contributed by atoms with Crippen LogP contribution in [0.1, 0.15) is 33.9 Å². The number of amides is 1. The van der Waals surface area contributed by atoms with Gasteiger partial charge in [0.2, 0.25) is 0 Å². The number of likely N-dealkylation sites (N-methyl/N-ethyl adjacent to an activating group) is 1. The van der Waals surface area contributed by atoms with E-state index < -0.39 is 0 Å². The third-order valence-corrected chi connectivity index (χ3v) is 6.13. The molecule has 2 aliphatic rings. The summed E-state index contributed by atoms with van der Waals surface area (Å²) in [5.74, 6) is -0.126. The molecule has 2 aromatic rings. The van der Waals surface area contributed by atoms with Gasteiger partial charge in [0.25, 0.3) is 5.91 Å². The maximum Gasteiger partial charge on any atom is 0.255 e. The van der Waals surface area contributed by atoms with Crippen molar-refractivity contribution in [3.8, 4) is 0 Å².